The molecule has 0 radical (unpaired) electrons. The van der Waals surface area contributed by atoms with Crippen LogP contribution >= 0.6 is 22.6 Å². The van der Waals surface area contributed by atoms with Crippen LogP contribution in [0.15, 0.2) is 54.6 Å². The molecule has 104 valence electrons. The summed E-state index contributed by atoms with van der Waals surface area (Å²) in [6.45, 7) is 0. The molecule has 4 aromatic carbocycles. The molecular formula is C20H17I. The summed E-state index contributed by atoms with van der Waals surface area (Å²) in [5.41, 5.74) is 1.48. The Morgan fingerprint density at radius 2 is 1.24 bits per heavy atom. The van der Waals surface area contributed by atoms with Gasteiger partial charge in [-0.3, -0.25) is 0 Å². The Kier molecular flexibility index (Phi) is 3.46. The highest BCUT2D eigenvalue weighted by Gasteiger charge is 2.08. The van der Waals surface area contributed by atoms with Crippen LogP contribution < -0.4 is 0 Å². The molecule has 0 spiro atoms. The molecule has 4 aromatic rings. The van der Waals surface area contributed by atoms with Gasteiger partial charge in [0.05, 0.1) is 0 Å². The zero-order valence-corrected chi connectivity index (χ0v) is 14.1. The number of unbranched alkanes of at least 4 members (excludes halogenated alkanes) is 1. The quantitative estimate of drug-likeness (QED) is 0.167. The fourth-order valence-electron chi connectivity index (χ4n) is 3.39. The molecule has 0 heterocycles. The molecule has 0 atom stereocenters. The summed E-state index contributed by atoms with van der Waals surface area (Å²) in [6.07, 6.45) is 3.79. The Morgan fingerprint density at radius 3 is 1.86 bits per heavy atom. The smallest absolute Gasteiger partial charge is 0.000461 e. The average Bonchev–Trinajstić information content (AvgIpc) is 2.53. The Bertz CT molecular complexity index is 844. The second-order valence-electron chi connectivity index (χ2n) is 5.77. The van der Waals surface area contributed by atoms with Crippen LogP contribution in [0.2, 0.25) is 0 Å². The van der Waals surface area contributed by atoms with Crippen molar-refractivity contribution < 1.29 is 0 Å². The van der Waals surface area contributed by atoms with E-state index in [0.29, 0.717) is 0 Å². The summed E-state index contributed by atoms with van der Waals surface area (Å²) < 4.78 is 1.26. The lowest BCUT2D eigenvalue weighted by Gasteiger charge is -2.12. The van der Waals surface area contributed by atoms with E-state index in [9.17, 15) is 0 Å². The van der Waals surface area contributed by atoms with E-state index in [-0.39, 0.29) is 0 Å². The molecule has 0 aromatic heterocycles. The summed E-state index contributed by atoms with van der Waals surface area (Å²) in [6, 6.07) is 20.5. The van der Waals surface area contributed by atoms with Gasteiger partial charge in [0.25, 0.3) is 0 Å². The highest BCUT2D eigenvalue weighted by atomic mass is 127. The molecule has 0 bridgehead atoms. The van der Waals surface area contributed by atoms with Gasteiger partial charge in [-0.05, 0) is 61.6 Å². The van der Waals surface area contributed by atoms with Crippen molar-refractivity contribution in [2.75, 3.05) is 4.43 Å². The van der Waals surface area contributed by atoms with Gasteiger partial charge in [0.2, 0.25) is 0 Å². The molecule has 1 heteroatoms. The fourth-order valence-corrected chi connectivity index (χ4v) is 3.93. The predicted octanol–water partition coefficient (Wildman–Crippen LogP) is 6.34. The Labute approximate surface area is 138 Å². The number of aryl methyl sites for hydroxylation is 1. The third-order valence-corrected chi connectivity index (χ3v) is 5.13. The average molecular weight is 384 g/mol. The second-order valence-corrected chi connectivity index (χ2v) is 6.85. The molecule has 21 heavy (non-hydrogen) atoms. The van der Waals surface area contributed by atoms with Crippen LogP contribution in [0.25, 0.3) is 32.3 Å². The van der Waals surface area contributed by atoms with Crippen molar-refractivity contribution in [3.05, 3.63) is 60.2 Å². The van der Waals surface area contributed by atoms with E-state index >= 15 is 0 Å². The van der Waals surface area contributed by atoms with Gasteiger partial charge in [0, 0.05) is 0 Å². The van der Waals surface area contributed by atoms with Gasteiger partial charge < -0.3 is 0 Å². The van der Waals surface area contributed by atoms with Crippen molar-refractivity contribution >= 4 is 54.9 Å². The van der Waals surface area contributed by atoms with Gasteiger partial charge in [-0.15, -0.1) is 0 Å². The van der Waals surface area contributed by atoms with Gasteiger partial charge >= 0.3 is 0 Å². The molecule has 0 aliphatic carbocycles. The summed E-state index contributed by atoms with van der Waals surface area (Å²) in [7, 11) is 0. The molecule has 4 rings (SSSR count). The SMILES string of the molecule is ICCCCc1cc2ccc3cccc4ccc(c1)c2c34. The number of rotatable bonds is 4. The van der Waals surface area contributed by atoms with Gasteiger partial charge in [0.15, 0.2) is 0 Å². The van der Waals surface area contributed by atoms with E-state index in [1.165, 1.54) is 61.6 Å². The second kappa shape index (κ2) is 5.45. The van der Waals surface area contributed by atoms with Crippen LogP contribution in [-0.4, -0.2) is 4.43 Å². The van der Waals surface area contributed by atoms with Crippen molar-refractivity contribution in [3.8, 4) is 0 Å². The molecule has 0 fully saturated rings. The zero-order chi connectivity index (χ0) is 14.2. The minimum atomic E-state index is 1.19. The number of alkyl halides is 1. The summed E-state index contributed by atoms with van der Waals surface area (Å²) >= 11 is 2.46. The molecular weight excluding hydrogens is 367 g/mol. The first-order valence-corrected chi connectivity index (χ1v) is 9.12. The molecule has 0 amide bonds. The molecule has 0 nitrogen and oxygen atoms in total. The Hall–Kier alpha value is -1.35. The number of hydrogen-bond donors (Lipinski definition) is 0. The van der Waals surface area contributed by atoms with E-state index < -0.39 is 0 Å². The van der Waals surface area contributed by atoms with Crippen molar-refractivity contribution in [2.45, 2.75) is 19.3 Å². The topological polar surface area (TPSA) is 0 Å². The highest BCUT2D eigenvalue weighted by Crippen LogP contribution is 2.35. The van der Waals surface area contributed by atoms with Crippen molar-refractivity contribution in [2.24, 2.45) is 0 Å². The summed E-state index contributed by atoms with van der Waals surface area (Å²) in [4.78, 5) is 0. The third kappa shape index (κ3) is 2.28. The van der Waals surface area contributed by atoms with Crippen molar-refractivity contribution in [3.63, 3.8) is 0 Å². The van der Waals surface area contributed by atoms with Crippen LogP contribution in [0.4, 0.5) is 0 Å². The highest BCUT2D eigenvalue weighted by molar-refractivity contribution is 14.1. The molecule has 0 aliphatic heterocycles. The molecule has 0 saturated carbocycles. The van der Waals surface area contributed by atoms with Gasteiger partial charge in [-0.1, -0.05) is 77.2 Å². The van der Waals surface area contributed by atoms with E-state index in [1.54, 1.807) is 0 Å². The summed E-state index contributed by atoms with van der Waals surface area (Å²) in [5.74, 6) is 0. The number of hydrogen-bond acceptors (Lipinski definition) is 0. The first kappa shape index (κ1) is 13.3. The Balaban J connectivity index is 1.95. The fraction of sp³-hybridized carbons (Fsp3) is 0.200. The van der Waals surface area contributed by atoms with E-state index in [2.05, 4.69) is 77.2 Å². The monoisotopic (exact) mass is 384 g/mol. The van der Waals surface area contributed by atoms with Crippen molar-refractivity contribution in [1.29, 1.82) is 0 Å². The van der Waals surface area contributed by atoms with E-state index in [4.69, 9.17) is 0 Å². The molecule has 0 unspecified atom stereocenters. The predicted molar refractivity (Wildman–Crippen MR) is 102 cm³/mol. The van der Waals surface area contributed by atoms with Gasteiger partial charge in [0.1, 0.15) is 0 Å². The molecule has 0 N–H and O–H groups in total. The maximum Gasteiger partial charge on any atom is -0.000461 e. The van der Waals surface area contributed by atoms with E-state index in [1.807, 2.05) is 0 Å². The first-order chi connectivity index (χ1) is 10.4. The summed E-state index contributed by atoms with van der Waals surface area (Å²) in [5, 5.41) is 8.34. The van der Waals surface area contributed by atoms with Gasteiger partial charge in [-0.25, -0.2) is 0 Å². The van der Waals surface area contributed by atoms with Crippen LogP contribution in [0, 0.1) is 0 Å². The van der Waals surface area contributed by atoms with E-state index in [0.717, 1.165) is 0 Å². The normalized spacial score (nSPS) is 11.9. The number of benzene rings is 4. The van der Waals surface area contributed by atoms with Crippen LogP contribution in [0.3, 0.4) is 0 Å². The standard InChI is InChI=1S/C20H17I/c21-11-2-1-4-14-12-17-9-7-15-5-3-6-16-8-10-18(13-14)20(17)19(15)16/h3,5-10,12-13H,1-2,4,11H2. The maximum absolute atomic E-state index is 2.46. The lowest BCUT2D eigenvalue weighted by atomic mass is 9.92. The van der Waals surface area contributed by atoms with Crippen LogP contribution in [-0.2, 0) is 6.42 Å². The Morgan fingerprint density at radius 1 is 0.667 bits per heavy atom. The molecule has 0 saturated heterocycles. The van der Waals surface area contributed by atoms with Crippen LogP contribution in [0.5, 0.6) is 0 Å². The number of halogens is 1. The van der Waals surface area contributed by atoms with Gasteiger partial charge in [-0.2, -0.15) is 0 Å². The first-order valence-electron chi connectivity index (χ1n) is 7.59. The zero-order valence-electron chi connectivity index (χ0n) is 11.9. The lowest BCUT2D eigenvalue weighted by molar-refractivity contribution is 0.811. The molecule has 0 aliphatic rings. The van der Waals surface area contributed by atoms with Crippen molar-refractivity contribution in [1.82, 2.24) is 0 Å². The minimum absolute atomic E-state index is 1.19. The third-order valence-electron chi connectivity index (χ3n) is 4.37. The minimum Gasteiger partial charge on any atom is -0.0864 e. The largest absolute Gasteiger partial charge is 0.0864 e. The maximum atomic E-state index is 2.46. The van der Waals surface area contributed by atoms with Crippen LogP contribution in [0.1, 0.15) is 18.4 Å². The lowest BCUT2D eigenvalue weighted by Crippen LogP contribution is -1.89.